The molecule has 172 valence electrons. The Kier molecular flexibility index (Phi) is 39.6. The second-order valence-corrected chi connectivity index (χ2v) is 5.44. The predicted octanol–water partition coefficient (Wildman–Crippen LogP) is 3.97. The van der Waals surface area contributed by atoms with Gasteiger partial charge in [0.05, 0.1) is 10.2 Å². The minimum absolute atomic E-state index is 0. The van der Waals surface area contributed by atoms with Gasteiger partial charge in [-0.15, -0.1) is 0 Å². The third-order valence-electron chi connectivity index (χ3n) is 3.53. The molecule has 4 atom stereocenters. The van der Waals surface area contributed by atoms with E-state index in [-0.39, 0.29) is 77.3 Å². The predicted molar refractivity (Wildman–Crippen MR) is 94.0 cm³/mol. The summed E-state index contributed by atoms with van der Waals surface area (Å²) < 4.78 is 0. The average molecular weight is 773 g/mol. The van der Waals surface area contributed by atoms with Crippen molar-refractivity contribution in [2.24, 2.45) is 0 Å². The largest absolute Gasteiger partial charge is 4.00 e. The second kappa shape index (κ2) is 26.5. The molecule has 0 bridgehead atoms. The maximum absolute atomic E-state index is 8.25. The molecular formula is C12H26N6O8Pt2. The molecule has 2 aliphatic rings. The van der Waals surface area contributed by atoms with Gasteiger partial charge in [-0.1, -0.05) is 51.4 Å². The van der Waals surface area contributed by atoms with Crippen molar-refractivity contribution in [2.45, 2.75) is 75.5 Å². The minimum atomic E-state index is -1.75. The van der Waals surface area contributed by atoms with Gasteiger partial charge < -0.3 is 64.5 Å². The van der Waals surface area contributed by atoms with Gasteiger partial charge in [-0.3, -0.25) is 0 Å². The number of nitrogens with zero attached hydrogens (tertiary/aromatic N) is 2. The van der Waals surface area contributed by atoms with Crippen LogP contribution in [0, 0.1) is 30.6 Å². The molecule has 0 amide bonds. The molecule has 2 rings (SSSR count). The summed E-state index contributed by atoms with van der Waals surface area (Å²) in [5.74, 6) is 0. The Bertz CT molecular complexity index is 302. The Balaban J connectivity index is -0.0000000577. The molecule has 0 aromatic rings. The monoisotopic (exact) mass is 772 g/mol. The summed E-state index contributed by atoms with van der Waals surface area (Å²) in [5.41, 5.74) is 29.2. The molecule has 0 unspecified atom stereocenters. The summed E-state index contributed by atoms with van der Waals surface area (Å²) >= 11 is 0. The first-order valence-electron chi connectivity index (χ1n) is 7.55. The first kappa shape index (κ1) is 41.8. The van der Waals surface area contributed by atoms with E-state index < -0.39 is 10.2 Å². The van der Waals surface area contributed by atoms with Crippen molar-refractivity contribution in [3.05, 3.63) is 53.6 Å². The zero-order valence-electron chi connectivity index (χ0n) is 14.8. The van der Waals surface area contributed by atoms with Crippen LogP contribution in [0.5, 0.6) is 0 Å². The SMILES string of the molecule is O=[N+]([O-])[O-].O=[N+]([O-])[O-].[NH-][C@@H]1CCCC[C@H]1[NH-].[NH-][C@@H]1CCCC[C@H]1[NH-].[OH-].[OH-].[Pt+4].[Pt+4]. The average Bonchev–Trinajstić information content (AvgIpc) is 2.45. The van der Waals surface area contributed by atoms with Crippen LogP contribution in [0.25, 0.3) is 22.9 Å². The smallest absolute Gasteiger partial charge is 0.870 e. The van der Waals surface area contributed by atoms with E-state index in [4.69, 9.17) is 53.6 Å². The summed E-state index contributed by atoms with van der Waals surface area (Å²) in [6.07, 6.45) is 8.49. The number of nitrogens with one attached hydrogen (secondary N) is 4. The molecular weight excluding hydrogens is 746 g/mol. The van der Waals surface area contributed by atoms with Crippen LogP contribution in [-0.4, -0.2) is 45.3 Å². The van der Waals surface area contributed by atoms with Crippen LogP contribution in [0.2, 0.25) is 0 Å². The molecule has 6 N–H and O–H groups in total. The van der Waals surface area contributed by atoms with Gasteiger partial charge in [-0.2, -0.15) is 24.2 Å². The normalized spacial score (nSPS) is 24.4. The molecule has 0 spiro atoms. The molecule has 2 aliphatic carbocycles. The Labute approximate surface area is 192 Å². The van der Waals surface area contributed by atoms with Gasteiger partial charge in [0.1, 0.15) is 0 Å². The molecule has 0 aromatic carbocycles. The van der Waals surface area contributed by atoms with E-state index in [1.165, 1.54) is 25.7 Å². The minimum Gasteiger partial charge on any atom is -0.870 e. The first-order valence-corrected chi connectivity index (χ1v) is 7.55. The molecule has 0 aliphatic heterocycles. The fourth-order valence-electron chi connectivity index (χ4n) is 2.26. The Morgan fingerprint density at radius 2 is 0.643 bits per heavy atom. The standard InChI is InChI=1S/2C6H12N2.2NO3.2H2O.2Pt/c2*7-5-3-1-2-4-6(5)8;2*2-1(3)4;;;;/h2*5-8H,1-4H2;;;2*1H2;;/q2*-2;2*-1;;;2*+4/p-2/t2*5-,6-;;;;;;/m11....../s1. The second-order valence-electron chi connectivity index (χ2n) is 5.44. The summed E-state index contributed by atoms with van der Waals surface area (Å²) in [6, 6.07) is -0.319. The van der Waals surface area contributed by atoms with E-state index >= 15 is 0 Å². The third kappa shape index (κ3) is 33.1. The Morgan fingerprint density at radius 1 is 0.536 bits per heavy atom. The molecule has 0 aromatic heterocycles. The summed E-state index contributed by atoms with van der Waals surface area (Å²) in [7, 11) is 0. The molecule has 2 fully saturated rings. The number of hydrogen-bond acceptors (Lipinski definition) is 8. The molecule has 0 saturated heterocycles. The molecule has 0 heterocycles. The van der Waals surface area contributed by atoms with Crippen molar-refractivity contribution in [3.8, 4) is 0 Å². The zero-order valence-corrected chi connectivity index (χ0v) is 19.4. The Hall–Kier alpha value is -0.463. The van der Waals surface area contributed by atoms with Crippen molar-refractivity contribution < 1.29 is 63.3 Å². The fourth-order valence-corrected chi connectivity index (χ4v) is 2.26. The van der Waals surface area contributed by atoms with E-state index in [1.54, 1.807) is 0 Å². The number of hydrogen-bond donors (Lipinski definition) is 0. The Morgan fingerprint density at radius 3 is 0.714 bits per heavy atom. The number of rotatable bonds is 0. The van der Waals surface area contributed by atoms with Crippen LogP contribution in [-0.2, 0) is 42.1 Å². The van der Waals surface area contributed by atoms with E-state index in [2.05, 4.69) is 0 Å². The summed E-state index contributed by atoms with van der Waals surface area (Å²) in [6.45, 7) is 0. The maximum Gasteiger partial charge on any atom is 4.00 e. The molecule has 16 heteroatoms. The van der Waals surface area contributed by atoms with Crippen LogP contribution in [0.15, 0.2) is 0 Å². The van der Waals surface area contributed by atoms with E-state index in [0.717, 1.165) is 25.7 Å². The third-order valence-corrected chi connectivity index (χ3v) is 3.53. The quantitative estimate of drug-likeness (QED) is 0.256. The van der Waals surface area contributed by atoms with Crippen LogP contribution >= 0.6 is 0 Å². The van der Waals surface area contributed by atoms with E-state index in [0.29, 0.717) is 0 Å². The maximum atomic E-state index is 8.25. The van der Waals surface area contributed by atoms with Gasteiger partial charge in [0, 0.05) is 0 Å². The van der Waals surface area contributed by atoms with Crippen molar-refractivity contribution in [1.82, 2.24) is 0 Å². The van der Waals surface area contributed by atoms with Crippen LogP contribution in [0.3, 0.4) is 0 Å². The van der Waals surface area contributed by atoms with Gasteiger partial charge in [-0.05, 0) is 0 Å². The van der Waals surface area contributed by atoms with E-state index in [9.17, 15) is 0 Å². The zero-order chi connectivity index (χ0) is 19.1. The van der Waals surface area contributed by atoms with Gasteiger partial charge in [-0.25, -0.2) is 0 Å². The van der Waals surface area contributed by atoms with Crippen molar-refractivity contribution in [1.29, 1.82) is 0 Å². The van der Waals surface area contributed by atoms with Crippen molar-refractivity contribution in [2.75, 3.05) is 0 Å². The summed E-state index contributed by atoms with van der Waals surface area (Å²) in [5, 5.41) is 29.5. The van der Waals surface area contributed by atoms with Gasteiger partial charge >= 0.3 is 42.1 Å². The van der Waals surface area contributed by atoms with Crippen LogP contribution in [0.4, 0.5) is 0 Å². The molecule has 0 radical (unpaired) electrons. The van der Waals surface area contributed by atoms with Gasteiger partial charge in [0.25, 0.3) is 0 Å². The summed E-state index contributed by atoms with van der Waals surface area (Å²) in [4.78, 5) is 16.5. The fraction of sp³-hybridized carbons (Fsp3) is 1.00. The van der Waals surface area contributed by atoms with Crippen LogP contribution in [0.1, 0.15) is 51.4 Å². The topological polar surface area (TPSA) is 288 Å². The first-order chi connectivity index (χ1) is 11.1. The molecule has 2 saturated carbocycles. The van der Waals surface area contributed by atoms with Gasteiger partial charge in [0.2, 0.25) is 0 Å². The van der Waals surface area contributed by atoms with Crippen LogP contribution < -0.4 is 0 Å². The van der Waals surface area contributed by atoms with Crippen molar-refractivity contribution in [3.63, 3.8) is 0 Å². The van der Waals surface area contributed by atoms with Gasteiger partial charge in [0.15, 0.2) is 0 Å². The molecule has 14 nitrogen and oxygen atoms in total. The van der Waals surface area contributed by atoms with Crippen molar-refractivity contribution >= 4 is 0 Å². The molecule has 28 heavy (non-hydrogen) atoms. The van der Waals surface area contributed by atoms with E-state index in [1.807, 2.05) is 0 Å².